The van der Waals surface area contributed by atoms with E-state index in [0.717, 1.165) is 17.0 Å². The van der Waals surface area contributed by atoms with Crippen LogP contribution in [0.15, 0.2) is 24.3 Å². The van der Waals surface area contributed by atoms with Crippen molar-refractivity contribution in [1.82, 2.24) is 9.78 Å². The zero-order valence-corrected chi connectivity index (χ0v) is 11.8. The molecule has 5 heteroatoms. The molecular formula is C14H17ClFN3. The molecule has 0 spiro atoms. The Labute approximate surface area is 117 Å². The number of nitrogens with zero attached hydrogens (tertiary/aromatic N) is 2. The molecule has 0 saturated heterocycles. The van der Waals surface area contributed by atoms with E-state index in [9.17, 15) is 4.39 Å². The lowest BCUT2D eigenvalue weighted by Crippen LogP contribution is -2.17. The molecule has 0 radical (unpaired) electrons. The highest BCUT2D eigenvalue weighted by molar-refractivity contribution is 6.31. The van der Waals surface area contributed by atoms with Gasteiger partial charge in [-0.25, -0.2) is 4.39 Å². The molecule has 0 aliphatic carbocycles. The van der Waals surface area contributed by atoms with Crippen LogP contribution in [0.5, 0.6) is 0 Å². The first-order valence-electron chi connectivity index (χ1n) is 6.16. The molecule has 1 heterocycles. The highest BCUT2D eigenvalue weighted by Gasteiger charge is 2.18. The third-order valence-electron chi connectivity index (χ3n) is 3.31. The molecule has 0 bridgehead atoms. The Morgan fingerprint density at radius 1 is 1.47 bits per heavy atom. The summed E-state index contributed by atoms with van der Waals surface area (Å²) in [7, 11) is 1.85. The second-order valence-electron chi connectivity index (χ2n) is 4.66. The molecule has 3 nitrogen and oxygen atoms in total. The summed E-state index contributed by atoms with van der Waals surface area (Å²) in [5, 5.41) is 4.94. The van der Waals surface area contributed by atoms with Crippen molar-refractivity contribution >= 4 is 11.6 Å². The largest absolute Gasteiger partial charge is 0.330 e. The van der Waals surface area contributed by atoms with Crippen LogP contribution in [-0.4, -0.2) is 16.3 Å². The van der Waals surface area contributed by atoms with Crippen molar-refractivity contribution in [3.05, 3.63) is 52.1 Å². The van der Waals surface area contributed by atoms with Gasteiger partial charge in [0.2, 0.25) is 0 Å². The van der Waals surface area contributed by atoms with Crippen molar-refractivity contribution in [1.29, 1.82) is 0 Å². The van der Waals surface area contributed by atoms with Crippen LogP contribution in [0.1, 0.15) is 22.9 Å². The quantitative estimate of drug-likeness (QED) is 0.936. The Morgan fingerprint density at radius 2 is 2.21 bits per heavy atom. The molecular weight excluding hydrogens is 265 g/mol. The highest BCUT2D eigenvalue weighted by Crippen LogP contribution is 2.26. The SMILES string of the molecule is Cc1nn(C)c(CC(CN)c2cccc(F)c2)c1Cl. The Morgan fingerprint density at radius 3 is 2.74 bits per heavy atom. The Balaban J connectivity index is 2.29. The van der Waals surface area contributed by atoms with E-state index in [1.165, 1.54) is 12.1 Å². The van der Waals surface area contributed by atoms with Gasteiger partial charge in [-0.1, -0.05) is 23.7 Å². The molecule has 0 aliphatic heterocycles. The van der Waals surface area contributed by atoms with Crippen LogP contribution < -0.4 is 5.73 Å². The molecule has 2 N–H and O–H groups in total. The second-order valence-corrected chi connectivity index (χ2v) is 5.04. The van der Waals surface area contributed by atoms with E-state index in [2.05, 4.69) is 5.10 Å². The number of hydrogen-bond donors (Lipinski definition) is 1. The van der Waals surface area contributed by atoms with Gasteiger partial charge in [-0.15, -0.1) is 0 Å². The van der Waals surface area contributed by atoms with Gasteiger partial charge in [0.05, 0.1) is 16.4 Å². The van der Waals surface area contributed by atoms with Crippen LogP contribution >= 0.6 is 11.6 Å². The zero-order valence-electron chi connectivity index (χ0n) is 11.0. The van der Waals surface area contributed by atoms with Gasteiger partial charge < -0.3 is 5.73 Å². The van der Waals surface area contributed by atoms with Gasteiger partial charge in [0.15, 0.2) is 0 Å². The van der Waals surface area contributed by atoms with E-state index >= 15 is 0 Å². The van der Waals surface area contributed by atoms with Gasteiger partial charge in [0.1, 0.15) is 5.82 Å². The first kappa shape index (κ1) is 14.0. The fraction of sp³-hybridized carbons (Fsp3) is 0.357. The fourth-order valence-electron chi connectivity index (χ4n) is 2.23. The average Bonchev–Trinajstić information content (AvgIpc) is 2.61. The summed E-state index contributed by atoms with van der Waals surface area (Å²) in [6, 6.07) is 6.54. The summed E-state index contributed by atoms with van der Waals surface area (Å²) >= 11 is 6.24. The Hall–Kier alpha value is -1.39. The lowest BCUT2D eigenvalue weighted by molar-refractivity contribution is 0.605. The monoisotopic (exact) mass is 281 g/mol. The molecule has 1 atom stereocenters. The molecule has 0 saturated carbocycles. The third-order valence-corrected chi connectivity index (χ3v) is 3.80. The first-order valence-corrected chi connectivity index (χ1v) is 6.54. The van der Waals surface area contributed by atoms with Crippen molar-refractivity contribution in [2.24, 2.45) is 12.8 Å². The van der Waals surface area contributed by atoms with Crippen LogP contribution in [-0.2, 0) is 13.5 Å². The first-order chi connectivity index (χ1) is 9.02. The van der Waals surface area contributed by atoms with Crippen molar-refractivity contribution in [3.8, 4) is 0 Å². The van der Waals surface area contributed by atoms with E-state index < -0.39 is 0 Å². The predicted molar refractivity (Wildman–Crippen MR) is 74.9 cm³/mol. The molecule has 2 rings (SSSR count). The summed E-state index contributed by atoms with van der Waals surface area (Å²) in [6.45, 7) is 2.30. The Kier molecular flexibility index (Phi) is 4.22. The summed E-state index contributed by atoms with van der Waals surface area (Å²) < 4.78 is 15.0. The third kappa shape index (κ3) is 2.96. The van der Waals surface area contributed by atoms with Crippen LogP contribution in [0.25, 0.3) is 0 Å². The molecule has 0 aliphatic rings. The highest BCUT2D eigenvalue weighted by atomic mass is 35.5. The summed E-state index contributed by atoms with van der Waals surface area (Å²) in [6.07, 6.45) is 0.649. The number of hydrogen-bond acceptors (Lipinski definition) is 2. The minimum absolute atomic E-state index is 0.0306. The number of rotatable bonds is 4. The number of nitrogens with two attached hydrogens (primary N) is 1. The molecule has 19 heavy (non-hydrogen) atoms. The van der Waals surface area contributed by atoms with Crippen molar-refractivity contribution in [2.45, 2.75) is 19.3 Å². The van der Waals surface area contributed by atoms with Crippen molar-refractivity contribution in [3.63, 3.8) is 0 Å². The lowest BCUT2D eigenvalue weighted by Gasteiger charge is -2.15. The summed E-state index contributed by atoms with van der Waals surface area (Å²) in [4.78, 5) is 0. The van der Waals surface area contributed by atoms with Gasteiger partial charge in [-0.2, -0.15) is 5.10 Å². The molecule has 1 unspecified atom stereocenters. The Bertz CT molecular complexity index is 580. The standard InChI is InChI=1S/C14H17ClFN3/c1-9-14(15)13(19(2)18-9)7-11(8-17)10-4-3-5-12(16)6-10/h3-6,11H,7-8,17H2,1-2H3. The summed E-state index contributed by atoms with van der Waals surface area (Å²) in [5.74, 6) is -0.216. The van der Waals surface area contributed by atoms with Crippen LogP contribution in [0, 0.1) is 12.7 Å². The van der Waals surface area contributed by atoms with Gasteiger partial charge in [-0.3, -0.25) is 4.68 Å². The number of benzene rings is 1. The smallest absolute Gasteiger partial charge is 0.123 e. The van der Waals surface area contributed by atoms with Crippen LogP contribution in [0.2, 0.25) is 5.02 Å². The second kappa shape index (κ2) is 5.72. The van der Waals surface area contributed by atoms with Gasteiger partial charge in [0, 0.05) is 13.0 Å². The van der Waals surface area contributed by atoms with Crippen molar-refractivity contribution < 1.29 is 4.39 Å². The maximum absolute atomic E-state index is 13.3. The van der Waals surface area contributed by atoms with E-state index in [1.807, 2.05) is 20.0 Å². The van der Waals surface area contributed by atoms with Crippen LogP contribution in [0.3, 0.4) is 0 Å². The molecule has 0 fully saturated rings. The van der Waals surface area contributed by atoms with E-state index in [-0.39, 0.29) is 11.7 Å². The number of aromatic nitrogens is 2. The van der Waals surface area contributed by atoms with Gasteiger partial charge >= 0.3 is 0 Å². The van der Waals surface area contributed by atoms with Gasteiger partial charge in [0.25, 0.3) is 0 Å². The predicted octanol–water partition coefficient (Wildman–Crippen LogP) is 2.81. The number of aryl methyl sites for hydroxylation is 2. The molecule has 1 aromatic heterocycles. The molecule has 1 aromatic carbocycles. The van der Waals surface area contributed by atoms with E-state index in [1.54, 1.807) is 10.7 Å². The normalized spacial score (nSPS) is 12.7. The molecule has 2 aromatic rings. The van der Waals surface area contributed by atoms with Crippen LogP contribution in [0.4, 0.5) is 4.39 Å². The maximum Gasteiger partial charge on any atom is 0.123 e. The minimum Gasteiger partial charge on any atom is -0.330 e. The van der Waals surface area contributed by atoms with Gasteiger partial charge in [-0.05, 0) is 37.6 Å². The average molecular weight is 282 g/mol. The molecule has 0 amide bonds. The summed E-state index contributed by atoms with van der Waals surface area (Å²) in [5.41, 5.74) is 8.43. The molecule has 102 valence electrons. The van der Waals surface area contributed by atoms with E-state index in [4.69, 9.17) is 17.3 Å². The maximum atomic E-state index is 13.3. The zero-order chi connectivity index (χ0) is 14.0. The minimum atomic E-state index is -0.247. The fourth-order valence-corrected chi connectivity index (χ4v) is 2.47. The lowest BCUT2D eigenvalue weighted by atomic mass is 9.94. The number of halogens is 2. The topological polar surface area (TPSA) is 43.8 Å². The van der Waals surface area contributed by atoms with E-state index in [0.29, 0.717) is 18.0 Å². The van der Waals surface area contributed by atoms with Crippen molar-refractivity contribution in [2.75, 3.05) is 6.54 Å².